The Balaban J connectivity index is 0.00000264. The Bertz CT molecular complexity index is 439. The molecule has 2 rings (SSSR count). The first-order valence-electron chi connectivity index (χ1n) is 7.92. The molecule has 2 heterocycles. The number of guanidine groups is 1. The Hall–Kier alpha value is -0.930. The lowest BCUT2D eigenvalue weighted by molar-refractivity contribution is 0.0420. The minimum absolute atomic E-state index is 0. The molecule has 0 spiro atoms. The van der Waals surface area contributed by atoms with Gasteiger partial charge in [0.2, 0.25) is 0 Å². The molecule has 0 radical (unpaired) electrons. The minimum atomic E-state index is 0. The highest BCUT2D eigenvalue weighted by Crippen LogP contribution is 2.07. The molecule has 0 saturated carbocycles. The number of aromatic nitrogens is 1. The summed E-state index contributed by atoms with van der Waals surface area (Å²) < 4.78 is 11.0. The van der Waals surface area contributed by atoms with Gasteiger partial charge in [-0.2, -0.15) is 0 Å². The van der Waals surface area contributed by atoms with Crippen molar-refractivity contribution in [1.82, 2.24) is 15.6 Å². The van der Waals surface area contributed by atoms with Gasteiger partial charge in [0.25, 0.3) is 0 Å². The van der Waals surface area contributed by atoms with Crippen LogP contribution in [-0.2, 0) is 15.9 Å². The topological polar surface area (TPSA) is 67.8 Å². The van der Waals surface area contributed by atoms with E-state index in [0.717, 1.165) is 63.8 Å². The fourth-order valence-corrected chi connectivity index (χ4v) is 2.25. The SMILES string of the molecule is CN=C(NCCCOC1CCOC1)NCCc1ccccn1.I. The van der Waals surface area contributed by atoms with Crippen molar-refractivity contribution in [2.75, 3.05) is 40.0 Å². The average molecular weight is 434 g/mol. The molecular formula is C16H27IN4O2. The zero-order valence-electron chi connectivity index (χ0n) is 13.7. The van der Waals surface area contributed by atoms with Crippen molar-refractivity contribution in [3.05, 3.63) is 30.1 Å². The number of halogens is 1. The minimum Gasteiger partial charge on any atom is -0.379 e. The number of ether oxygens (including phenoxy) is 2. The maximum Gasteiger partial charge on any atom is 0.190 e. The number of hydrogen-bond acceptors (Lipinski definition) is 4. The highest BCUT2D eigenvalue weighted by atomic mass is 127. The summed E-state index contributed by atoms with van der Waals surface area (Å²) in [5, 5.41) is 6.58. The van der Waals surface area contributed by atoms with Crippen molar-refractivity contribution in [3.8, 4) is 0 Å². The molecule has 6 nitrogen and oxygen atoms in total. The Morgan fingerprint density at radius 2 is 2.26 bits per heavy atom. The van der Waals surface area contributed by atoms with Gasteiger partial charge in [0.05, 0.1) is 12.7 Å². The normalized spacial score (nSPS) is 17.6. The van der Waals surface area contributed by atoms with Gasteiger partial charge in [-0.25, -0.2) is 0 Å². The second-order valence-corrected chi connectivity index (χ2v) is 5.21. The maximum atomic E-state index is 5.72. The van der Waals surface area contributed by atoms with Gasteiger partial charge < -0.3 is 20.1 Å². The van der Waals surface area contributed by atoms with E-state index in [1.165, 1.54) is 0 Å². The molecule has 1 unspecified atom stereocenters. The molecule has 1 aromatic rings. The van der Waals surface area contributed by atoms with E-state index in [0.29, 0.717) is 0 Å². The zero-order valence-corrected chi connectivity index (χ0v) is 16.0. The van der Waals surface area contributed by atoms with Gasteiger partial charge in [-0.1, -0.05) is 6.07 Å². The summed E-state index contributed by atoms with van der Waals surface area (Å²) >= 11 is 0. The van der Waals surface area contributed by atoms with E-state index < -0.39 is 0 Å². The molecule has 130 valence electrons. The van der Waals surface area contributed by atoms with E-state index in [-0.39, 0.29) is 30.1 Å². The van der Waals surface area contributed by atoms with E-state index in [1.807, 2.05) is 24.4 Å². The van der Waals surface area contributed by atoms with Gasteiger partial charge in [-0.05, 0) is 25.0 Å². The molecule has 7 heteroatoms. The van der Waals surface area contributed by atoms with Crippen molar-refractivity contribution >= 4 is 29.9 Å². The van der Waals surface area contributed by atoms with E-state index in [2.05, 4.69) is 20.6 Å². The molecule has 23 heavy (non-hydrogen) atoms. The molecule has 1 atom stereocenters. The highest BCUT2D eigenvalue weighted by Gasteiger charge is 2.15. The second kappa shape index (κ2) is 12.5. The number of hydrogen-bond donors (Lipinski definition) is 2. The van der Waals surface area contributed by atoms with Gasteiger partial charge in [-0.3, -0.25) is 9.98 Å². The lowest BCUT2D eigenvalue weighted by atomic mass is 10.3. The first-order chi connectivity index (χ1) is 10.9. The molecule has 0 aromatic carbocycles. The zero-order chi connectivity index (χ0) is 15.5. The van der Waals surface area contributed by atoms with Crippen molar-refractivity contribution < 1.29 is 9.47 Å². The molecule has 0 amide bonds. The number of rotatable bonds is 8. The average Bonchev–Trinajstić information content (AvgIpc) is 3.07. The van der Waals surface area contributed by atoms with Crippen molar-refractivity contribution in [3.63, 3.8) is 0 Å². The Kier molecular flexibility index (Phi) is 10.9. The van der Waals surface area contributed by atoms with Crippen LogP contribution in [0.3, 0.4) is 0 Å². The van der Waals surface area contributed by atoms with Crippen LogP contribution in [0.2, 0.25) is 0 Å². The number of pyridine rings is 1. The Morgan fingerprint density at radius 1 is 1.39 bits per heavy atom. The molecule has 2 N–H and O–H groups in total. The van der Waals surface area contributed by atoms with Crippen LogP contribution in [-0.4, -0.2) is 57.0 Å². The van der Waals surface area contributed by atoms with Crippen LogP contribution in [0.4, 0.5) is 0 Å². The lowest BCUT2D eigenvalue weighted by Crippen LogP contribution is -2.39. The van der Waals surface area contributed by atoms with E-state index in [4.69, 9.17) is 9.47 Å². The fraction of sp³-hybridized carbons (Fsp3) is 0.625. The third-order valence-electron chi connectivity index (χ3n) is 3.48. The van der Waals surface area contributed by atoms with Crippen molar-refractivity contribution in [1.29, 1.82) is 0 Å². The second-order valence-electron chi connectivity index (χ2n) is 5.21. The summed E-state index contributed by atoms with van der Waals surface area (Å²) in [6.07, 6.45) is 4.96. The van der Waals surface area contributed by atoms with Crippen LogP contribution < -0.4 is 10.6 Å². The van der Waals surface area contributed by atoms with Crippen LogP contribution in [0.1, 0.15) is 18.5 Å². The van der Waals surface area contributed by atoms with Crippen LogP contribution >= 0.6 is 24.0 Å². The predicted octanol–water partition coefficient (Wildman–Crippen LogP) is 1.60. The third kappa shape index (κ3) is 8.47. The van der Waals surface area contributed by atoms with Crippen molar-refractivity contribution in [2.45, 2.75) is 25.4 Å². The van der Waals surface area contributed by atoms with E-state index in [1.54, 1.807) is 7.05 Å². The van der Waals surface area contributed by atoms with Crippen LogP contribution in [0, 0.1) is 0 Å². The van der Waals surface area contributed by atoms with Gasteiger partial charge >= 0.3 is 0 Å². The Labute approximate surface area is 155 Å². The monoisotopic (exact) mass is 434 g/mol. The number of nitrogens with one attached hydrogen (secondary N) is 2. The summed E-state index contributed by atoms with van der Waals surface area (Å²) in [5.74, 6) is 0.820. The summed E-state index contributed by atoms with van der Waals surface area (Å²) in [7, 11) is 1.78. The summed E-state index contributed by atoms with van der Waals surface area (Å²) in [6.45, 7) is 3.98. The molecule has 1 aromatic heterocycles. The molecule has 0 bridgehead atoms. The standard InChI is InChI=1S/C16H26N4O2.HI/c1-17-16(20-10-6-14-5-2-3-8-18-14)19-9-4-11-22-15-7-12-21-13-15;/h2-3,5,8,15H,4,6-7,9-13H2,1H3,(H2,17,19,20);1H. The Morgan fingerprint density at radius 3 is 2.96 bits per heavy atom. The van der Waals surface area contributed by atoms with Gasteiger partial charge in [0.15, 0.2) is 5.96 Å². The summed E-state index contributed by atoms with van der Waals surface area (Å²) in [5.41, 5.74) is 1.08. The molecule has 0 aliphatic carbocycles. The molecule has 1 fully saturated rings. The third-order valence-corrected chi connectivity index (χ3v) is 3.48. The van der Waals surface area contributed by atoms with Crippen LogP contribution in [0.5, 0.6) is 0 Å². The smallest absolute Gasteiger partial charge is 0.190 e. The van der Waals surface area contributed by atoms with E-state index >= 15 is 0 Å². The first kappa shape index (κ1) is 20.1. The number of nitrogens with zero attached hydrogens (tertiary/aromatic N) is 2. The van der Waals surface area contributed by atoms with Gasteiger partial charge in [-0.15, -0.1) is 24.0 Å². The van der Waals surface area contributed by atoms with Gasteiger partial charge in [0.1, 0.15) is 0 Å². The summed E-state index contributed by atoms with van der Waals surface area (Å²) in [4.78, 5) is 8.51. The summed E-state index contributed by atoms with van der Waals surface area (Å²) in [6, 6.07) is 5.96. The molecule has 1 saturated heterocycles. The van der Waals surface area contributed by atoms with E-state index in [9.17, 15) is 0 Å². The van der Waals surface area contributed by atoms with Crippen LogP contribution in [0.15, 0.2) is 29.4 Å². The molecular weight excluding hydrogens is 407 g/mol. The fourth-order valence-electron chi connectivity index (χ4n) is 2.25. The maximum absolute atomic E-state index is 5.72. The lowest BCUT2D eigenvalue weighted by Gasteiger charge is -2.13. The molecule has 1 aliphatic rings. The quantitative estimate of drug-likeness (QED) is 0.282. The predicted molar refractivity (Wildman–Crippen MR) is 103 cm³/mol. The van der Waals surface area contributed by atoms with Crippen molar-refractivity contribution in [2.24, 2.45) is 4.99 Å². The number of aliphatic imine (C=N–C) groups is 1. The largest absolute Gasteiger partial charge is 0.379 e. The van der Waals surface area contributed by atoms with Gasteiger partial charge in [0, 0.05) is 51.7 Å². The first-order valence-corrected chi connectivity index (χ1v) is 7.92. The van der Waals surface area contributed by atoms with Crippen LogP contribution in [0.25, 0.3) is 0 Å². The molecule has 1 aliphatic heterocycles. The highest BCUT2D eigenvalue weighted by molar-refractivity contribution is 14.0.